The normalized spacial score (nSPS) is 13.8. The highest BCUT2D eigenvalue weighted by Gasteiger charge is 2.29. The van der Waals surface area contributed by atoms with Gasteiger partial charge in [-0.05, 0) is 61.7 Å². The highest BCUT2D eigenvalue weighted by molar-refractivity contribution is 9.10. The number of nitrogens with two attached hydrogens (primary N) is 1. The van der Waals surface area contributed by atoms with Crippen LogP contribution in [0.5, 0.6) is 0 Å². The Morgan fingerprint density at radius 1 is 1.12 bits per heavy atom. The van der Waals surface area contributed by atoms with Crippen molar-refractivity contribution in [2.75, 3.05) is 0 Å². The number of carbonyl (C=O) groups is 1. The monoisotopic (exact) mass is 522 g/mol. The molecule has 0 radical (unpaired) electrons. The van der Waals surface area contributed by atoms with E-state index in [9.17, 15) is 9.18 Å². The number of benzene rings is 3. The number of halogens is 2. The fourth-order valence-electron chi connectivity index (χ4n) is 3.63. The molecular formula is C26H24BrFN4O2. The van der Waals surface area contributed by atoms with Gasteiger partial charge in [0.1, 0.15) is 5.82 Å². The molecule has 8 heteroatoms. The number of aromatic nitrogens is 2. The van der Waals surface area contributed by atoms with Crippen molar-refractivity contribution in [2.24, 2.45) is 5.73 Å². The first kappa shape index (κ1) is 23.8. The molecule has 0 unspecified atom stereocenters. The van der Waals surface area contributed by atoms with Crippen LogP contribution in [-0.4, -0.2) is 16.1 Å². The van der Waals surface area contributed by atoms with Gasteiger partial charge in [-0.3, -0.25) is 4.79 Å². The van der Waals surface area contributed by atoms with Crippen LogP contribution in [-0.2, 0) is 12.0 Å². The van der Waals surface area contributed by atoms with Crippen LogP contribution in [0, 0.1) is 5.82 Å². The van der Waals surface area contributed by atoms with Crippen molar-refractivity contribution in [1.29, 1.82) is 0 Å². The lowest BCUT2D eigenvalue weighted by Gasteiger charge is -2.20. The maximum absolute atomic E-state index is 13.2. The predicted molar refractivity (Wildman–Crippen MR) is 131 cm³/mol. The van der Waals surface area contributed by atoms with Gasteiger partial charge in [0.15, 0.2) is 0 Å². The minimum Gasteiger partial charge on any atom is -0.419 e. The molecule has 0 aliphatic heterocycles. The van der Waals surface area contributed by atoms with Crippen LogP contribution in [0.2, 0.25) is 0 Å². The molecule has 34 heavy (non-hydrogen) atoms. The third-order valence-electron chi connectivity index (χ3n) is 5.45. The Morgan fingerprint density at radius 3 is 2.53 bits per heavy atom. The fraction of sp³-hybridized carbons (Fsp3) is 0.192. The van der Waals surface area contributed by atoms with Crippen LogP contribution >= 0.6 is 15.9 Å². The Hall–Kier alpha value is -3.36. The van der Waals surface area contributed by atoms with Gasteiger partial charge in [-0.25, -0.2) is 4.39 Å². The summed E-state index contributed by atoms with van der Waals surface area (Å²) in [6.07, 6.45) is 0.531. The lowest BCUT2D eigenvalue weighted by Crippen LogP contribution is -2.35. The van der Waals surface area contributed by atoms with E-state index in [0.717, 1.165) is 11.1 Å². The molecule has 174 valence electrons. The second kappa shape index (κ2) is 9.87. The van der Waals surface area contributed by atoms with Crippen molar-refractivity contribution in [1.82, 2.24) is 15.5 Å². The summed E-state index contributed by atoms with van der Waals surface area (Å²) in [7, 11) is 0. The number of rotatable bonds is 7. The lowest BCUT2D eigenvalue weighted by molar-refractivity contribution is 0.0940. The van der Waals surface area contributed by atoms with E-state index in [-0.39, 0.29) is 23.7 Å². The first-order valence-corrected chi connectivity index (χ1v) is 11.5. The van der Waals surface area contributed by atoms with Gasteiger partial charge in [-0.15, -0.1) is 10.2 Å². The molecule has 3 aromatic carbocycles. The highest BCUT2D eigenvalue weighted by atomic mass is 79.9. The van der Waals surface area contributed by atoms with Crippen LogP contribution in [0.3, 0.4) is 0 Å². The van der Waals surface area contributed by atoms with Gasteiger partial charge in [0.05, 0.1) is 11.6 Å². The molecule has 3 N–H and O–H groups in total. The topological polar surface area (TPSA) is 94.0 Å². The smallest absolute Gasteiger partial charge is 0.251 e. The van der Waals surface area contributed by atoms with Crippen LogP contribution in [0.15, 0.2) is 81.7 Å². The van der Waals surface area contributed by atoms with Gasteiger partial charge in [-0.1, -0.05) is 58.4 Å². The number of carbonyl (C=O) groups excluding carboxylic acids is 1. The number of amides is 1. The predicted octanol–water partition coefficient (Wildman–Crippen LogP) is 5.55. The van der Waals surface area contributed by atoms with E-state index >= 15 is 0 Å². The summed E-state index contributed by atoms with van der Waals surface area (Å²) < 4.78 is 19.8. The first-order chi connectivity index (χ1) is 16.2. The SMILES string of the molecule is C[C@@H](NC(=O)c1cc(Br)cc(-c2nnc([C@](C)(N)Cc3ccccc3)o2)c1)c1ccc(F)cc1. The molecule has 0 fully saturated rings. The molecule has 0 saturated carbocycles. The van der Waals surface area contributed by atoms with Crippen molar-refractivity contribution >= 4 is 21.8 Å². The molecule has 1 heterocycles. The molecule has 6 nitrogen and oxygen atoms in total. The third-order valence-corrected chi connectivity index (χ3v) is 5.91. The first-order valence-electron chi connectivity index (χ1n) is 10.8. The number of nitrogens with one attached hydrogen (secondary N) is 1. The largest absolute Gasteiger partial charge is 0.419 e. The van der Waals surface area contributed by atoms with Crippen LogP contribution < -0.4 is 11.1 Å². The molecule has 0 aliphatic carbocycles. The van der Waals surface area contributed by atoms with Crippen molar-refractivity contribution in [2.45, 2.75) is 31.8 Å². The fourth-order valence-corrected chi connectivity index (χ4v) is 4.12. The molecule has 4 aromatic rings. The number of hydrogen-bond acceptors (Lipinski definition) is 5. The van der Waals surface area contributed by atoms with Crippen molar-refractivity contribution < 1.29 is 13.6 Å². The van der Waals surface area contributed by atoms with Gasteiger partial charge in [0.25, 0.3) is 5.91 Å². The molecule has 0 bridgehead atoms. The van der Waals surface area contributed by atoms with E-state index in [0.29, 0.717) is 27.9 Å². The third kappa shape index (κ3) is 5.58. The van der Waals surface area contributed by atoms with E-state index in [2.05, 4.69) is 31.4 Å². The minimum atomic E-state index is -0.858. The lowest BCUT2D eigenvalue weighted by atomic mass is 9.94. The summed E-state index contributed by atoms with van der Waals surface area (Å²) in [6.45, 7) is 3.68. The standard InChI is InChI=1S/C26H24BrFN4O2/c1-16(18-8-10-22(28)11-9-18)30-23(33)19-12-20(14-21(27)13-19)24-31-32-25(34-24)26(2,29)15-17-6-4-3-5-7-17/h3-14,16H,15,29H2,1-2H3,(H,30,33)/t16-,26-/m1/s1. The van der Waals surface area contributed by atoms with Crippen LogP contribution in [0.1, 0.15) is 47.3 Å². The number of nitrogens with zero attached hydrogens (tertiary/aromatic N) is 2. The maximum atomic E-state index is 13.2. The summed E-state index contributed by atoms with van der Waals surface area (Å²) in [5.74, 6) is -0.0361. The van der Waals surface area contributed by atoms with E-state index < -0.39 is 5.54 Å². The molecule has 0 aliphatic rings. The molecule has 4 rings (SSSR count). The van der Waals surface area contributed by atoms with E-state index in [1.165, 1.54) is 12.1 Å². The quantitative estimate of drug-likeness (QED) is 0.332. The second-order valence-corrected chi connectivity index (χ2v) is 9.38. The highest BCUT2D eigenvalue weighted by Crippen LogP contribution is 2.28. The van der Waals surface area contributed by atoms with Crippen molar-refractivity contribution in [3.8, 4) is 11.5 Å². The average Bonchev–Trinajstić information content (AvgIpc) is 3.31. The summed E-state index contributed by atoms with van der Waals surface area (Å²) in [6, 6.07) is 20.7. The molecule has 2 atom stereocenters. The van der Waals surface area contributed by atoms with Crippen LogP contribution in [0.4, 0.5) is 4.39 Å². The van der Waals surface area contributed by atoms with Gasteiger partial charge < -0.3 is 15.5 Å². The Bertz CT molecular complexity index is 1290. The summed E-state index contributed by atoms with van der Waals surface area (Å²) in [5.41, 5.74) is 8.50. The van der Waals surface area contributed by atoms with Gasteiger partial charge in [0, 0.05) is 15.6 Å². The van der Waals surface area contributed by atoms with Crippen molar-refractivity contribution in [3.63, 3.8) is 0 Å². The van der Waals surface area contributed by atoms with Crippen molar-refractivity contribution in [3.05, 3.63) is 106 Å². The van der Waals surface area contributed by atoms with Gasteiger partial charge in [-0.2, -0.15) is 0 Å². The van der Waals surface area contributed by atoms with Gasteiger partial charge in [0.2, 0.25) is 11.8 Å². The Kier molecular flexibility index (Phi) is 6.90. The zero-order valence-electron chi connectivity index (χ0n) is 18.8. The average molecular weight is 523 g/mol. The van der Waals surface area contributed by atoms with E-state index in [1.54, 1.807) is 30.3 Å². The molecule has 1 aromatic heterocycles. The van der Waals surface area contributed by atoms with Crippen LogP contribution in [0.25, 0.3) is 11.5 Å². The Balaban J connectivity index is 1.53. The summed E-state index contributed by atoms with van der Waals surface area (Å²) in [4.78, 5) is 12.9. The summed E-state index contributed by atoms with van der Waals surface area (Å²) in [5, 5.41) is 11.3. The maximum Gasteiger partial charge on any atom is 0.251 e. The minimum absolute atomic E-state index is 0.265. The molecule has 1 amide bonds. The van der Waals surface area contributed by atoms with E-state index in [1.807, 2.05) is 44.2 Å². The summed E-state index contributed by atoms with van der Waals surface area (Å²) >= 11 is 3.45. The second-order valence-electron chi connectivity index (χ2n) is 8.47. The molecule has 0 saturated heterocycles. The Morgan fingerprint density at radius 2 is 1.82 bits per heavy atom. The zero-order chi connectivity index (χ0) is 24.3. The zero-order valence-corrected chi connectivity index (χ0v) is 20.3. The molecular weight excluding hydrogens is 499 g/mol. The van der Waals surface area contributed by atoms with E-state index in [4.69, 9.17) is 10.2 Å². The van der Waals surface area contributed by atoms with Gasteiger partial charge >= 0.3 is 0 Å². The number of hydrogen-bond donors (Lipinski definition) is 2. The Labute approximate surface area is 205 Å². The molecule has 0 spiro atoms.